The Balaban J connectivity index is 0.000000199. The van der Waals surface area contributed by atoms with E-state index < -0.39 is 14.9 Å². The molecule has 0 unspecified atom stereocenters. The Kier molecular flexibility index (Phi) is 9.51. The van der Waals surface area contributed by atoms with Crippen molar-refractivity contribution in [3.63, 3.8) is 0 Å². The molecule has 3 nitrogen and oxygen atoms in total. The van der Waals surface area contributed by atoms with Crippen LogP contribution in [0.1, 0.15) is 29.1 Å². The fraction of sp³-hybridized carbons (Fsp3) is 0.182. The van der Waals surface area contributed by atoms with Gasteiger partial charge in [0.15, 0.2) is 0 Å². The number of thiophene rings is 1. The van der Waals surface area contributed by atoms with Gasteiger partial charge in [-0.25, -0.2) is 0 Å². The molecule has 0 saturated heterocycles. The van der Waals surface area contributed by atoms with E-state index in [-0.39, 0.29) is 20.1 Å². The summed E-state index contributed by atoms with van der Waals surface area (Å²) in [5.41, 5.74) is 7.66. The van der Waals surface area contributed by atoms with Crippen molar-refractivity contribution in [1.29, 1.82) is 0 Å². The van der Waals surface area contributed by atoms with Crippen molar-refractivity contribution in [3.05, 3.63) is 144 Å². The van der Waals surface area contributed by atoms with Gasteiger partial charge in [-0.2, -0.15) is 0 Å². The first-order chi connectivity index (χ1) is 24.9. The molecule has 6 heteroatoms. The first-order valence-corrected chi connectivity index (χ1v) is 21.1. The summed E-state index contributed by atoms with van der Waals surface area (Å²) in [6.07, 6.45) is 3.24. The number of hydrogen-bond acceptors (Lipinski definition) is 3. The van der Waals surface area contributed by atoms with Gasteiger partial charge in [-0.3, -0.25) is 16.3 Å². The molecule has 0 saturated carbocycles. The van der Waals surface area contributed by atoms with Crippen LogP contribution in [0.15, 0.2) is 121 Å². The van der Waals surface area contributed by atoms with Gasteiger partial charge in [0.25, 0.3) is 0 Å². The molecule has 0 amide bonds. The standard InChI is InChI=1S/C26H17N2S.C18H24NSi.Ir/c1-17-13-14-25-20(15-17)21(16-29-25)26-27-22-10-4-5-11-24(22)28(26)23-12-6-8-18-7-2-3-9-19(18)23;1-14(2)11-16-12-17(15-9-7-6-8-10-15)19-13-18(16)20(3,4)5;/h2-15H,1H3;6-9,12-14H,11H2,1-5H3;/q2*-1;/i1D3;;. The number of imidazole rings is 1. The van der Waals surface area contributed by atoms with Gasteiger partial charge in [-0.15, -0.1) is 47.3 Å². The van der Waals surface area contributed by atoms with Crippen molar-refractivity contribution < 1.29 is 24.2 Å². The number of aromatic nitrogens is 3. The second-order valence-electron chi connectivity index (χ2n) is 13.9. The molecule has 0 atom stereocenters. The molecule has 0 aliphatic heterocycles. The fourth-order valence-electron chi connectivity index (χ4n) is 6.46. The van der Waals surface area contributed by atoms with Gasteiger partial charge in [0.05, 0.1) is 24.9 Å². The molecule has 0 fully saturated rings. The van der Waals surface area contributed by atoms with Crippen LogP contribution in [0.3, 0.4) is 0 Å². The van der Waals surface area contributed by atoms with E-state index in [1.165, 1.54) is 22.1 Å². The Labute approximate surface area is 318 Å². The van der Waals surface area contributed by atoms with Crippen molar-refractivity contribution in [2.24, 2.45) is 5.92 Å². The van der Waals surface area contributed by atoms with Crippen LogP contribution in [0, 0.1) is 24.2 Å². The van der Waals surface area contributed by atoms with E-state index in [1.54, 1.807) is 12.1 Å². The third kappa shape index (κ3) is 7.31. The number of aryl methyl sites for hydroxylation is 1. The minimum absolute atomic E-state index is 0. The van der Waals surface area contributed by atoms with Crippen molar-refractivity contribution >= 4 is 56.5 Å². The predicted octanol–water partition coefficient (Wildman–Crippen LogP) is 11.5. The minimum atomic E-state index is -2.16. The molecule has 0 N–H and O–H groups in total. The zero-order chi connectivity index (χ0) is 36.6. The second-order valence-corrected chi connectivity index (χ2v) is 19.8. The van der Waals surface area contributed by atoms with Crippen LogP contribution in [0.4, 0.5) is 0 Å². The Bertz CT molecular complexity index is 2510. The maximum Gasteiger partial charge on any atom is 0.0798 e. The molecule has 0 aliphatic rings. The maximum absolute atomic E-state index is 7.84. The van der Waals surface area contributed by atoms with Gasteiger partial charge < -0.3 is 9.55 Å². The Hall–Kier alpha value is -4.19. The number of hydrogen-bond donors (Lipinski definition) is 0. The van der Waals surface area contributed by atoms with E-state index in [1.807, 2.05) is 54.6 Å². The van der Waals surface area contributed by atoms with Crippen LogP contribution < -0.4 is 5.19 Å². The molecule has 0 spiro atoms. The average Bonchev–Trinajstić information content (AvgIpc) is 3.72. The van der Waals surface area contributed by atoms with Crippen LogP contribution in [0.2, 0.25) is 19.6 Å². The number of benzene rings is 5. The normalized spacial score (nSPS) is 12.6. The first-order valence-electron chi connectivity index (χ1n) is 18.3. The summed E-state index contributed by atoms with van der Waals surface area (Å²) in [5, 5.41) is 8.03. The van der Waals surface area contributed by atoms with E-state index in [0.29, 0.717) is 11.5 Å². The van der Waals surface area contributed by atoms with Crippen molar-refractivity contribution in [2.45, 2.75) is 46.8 Å². The fourth-order valence-corrected chi connectivity index (χ4v) is 8.87. The second kappa shape index (κ2) is 15.0. The third-order valence-corrected chi connectivity index (χ3v) is 11.7. The summed E-state index contributed by atoms with van der Waals surface area (Å²) in [5.74, 6) is 1.43. The number of nitrogens with zero attached hydrogens (tertiary/aromatic N) is 3. The van der Waals surface area contributed by atoms with Crippen LogP contribution in [-0.2, 0) is 26.5 Å². The van der Waals surface area contributed by atoms with E-state index >= 15 is 0 Å². The summed E-state index contributed by atoms with van der Waals surface area (Å²) >= 11 is 1.48. The molecular formula is C44H41IrN3SSi-2. The number of rotatable bonds is 6. The largest absolute Gasteiger partial charge is 0.333 e. The number of fused-ring (bicyclic) bond motifs is 3. The smallest absolute Gasteiger partial charge is 0.0798 e. The van der Waals surface area contributed by atoms with E-state index in [2.05, 4.69) is 109 Å². The van der Waals surface area contributed by atoms with E-state index in [9.17, 15) is 0 Å². The van der Waals surface area contributed by atoms with Crippen LogP contribution >= 0.6 is 11.3 Å². The van der Waals surface area contributed by atoms with Crippen molar-refractivity contribution in [3.8, 4) is 28.3 Å². The molecular weight excluding hydrogens is 823 g/mol. The molecule has 3 aromatic heterocycles. The minimum Gasteiger partial charge on any atom is -0.333 e. The Morgan fingerprint density at radius 1 is 0.860 bits per heavy atom. The van der Waals surface area contributed by atoms with Gasteiger partial charge in [0, 0.05) is 41.5 Å². The maximum atomic E-state index is 7.84. The molecule has 8 rings (SSSR count). The third-order valence-electron chi connectivity index (χ3n) is 8.71. The number of para-hydroxylation sites is 2. The zero-order valence-corrected chi connectivity index (χ0v) is 33.1. The monoisotopic (exact) mass is 867 g/mol. The van der Waals surface area contributed by atoms with Crippen molar-refractivity contribution in [1.82, 2.24) is 14.5 Å². The number of pyridine rings is 1. The quantitative estimate of drug-likeness (QED) is 0.123. The van der Waals surface area contributed by atoms with Gasteiger partial charge in [-0.1, -0.05) is 127 Å². The molecule has 0 aliphatic carbocycles. The van der Waals surface area contributed by atoms with Gasteiger partial charge in [-0.05, 0) is 53.7 Å². The summed E-state index contributed by atoms with van der Waals surface area (Å²) < 4.78 is 26.7. The van der Waals surface area contributed by atoms with Crippen molar-refractivity contribution in [2.75, 3.05) is 0 Å². The topological polar surface area (TPSA) is 30.7 Å². The van der Waals surface area contributed by atoms with Gasteiger partial charge in [0.1, 0.15) is 0 Å². The SMILES string of the molecule is CC(C)Cc1cc(-c2[c-]cccc2)ncc1[Si](C)(C)C.[2H]C([2H])([2H])c1ccc2s[c-]c(-c3nc4ccccc4n3-c3cccc4ccccc34)c2c1.[Ir]. The molecule has 8 aromatic rings. The van der Waals surface area contributed by atoms with Gasteiger partial charge >= 0.3 is 0 Å². The summed E-state index contributed by atoms with van der Waals surface area (Å²) in [4.78, 5) is 9.66. The van der Waals surface area contributed by atoms with E-state index in [0.717, 1.165) is 66.6 Å². The molecule has 1 radical (unpaired) electrons. The van der Waals surface area contributed by atoms with Gasteiger partial charge in [0.2, 0.25) is 0 Å². The molecule has 0 bridgehead atoms. The predicted molar refractivity (Wildman–Crippen MR) is 213 cm³/mol. The summed E-state index contributed by atoms with van der Waals surface area (Å²) in [6, 6.07) is 41.5. The average molecular weight is 867 g/mol. The molecule has 50 heavy (non-hydrogen) atoms. The first kappa shape index (κ1) is 31.8. The molecule has 3 heterocycles. The summed E-state index contributed by atoms with van der Waals surface area (Å²) in [7, 11) is -1.34. The Morgan fingerprint density at radius 2 is 1.64 bits per heavy atom. The zero-order valence-electron chi connectivity index (χ0n) is 31.9. The molecule has 5 aromatic carbocycles. The van der Waals surface area contributed by atoms with E-state index in [4.69, 9.17) is 9.10 Å². The summed E-state index contributed by atoms with van der Waals surface area (Å²) in [6.45, 7) is 9.57. The Morgan fingerprint density at radius 3 is 2.42 bits per heavy atom. The van der Waals surface area contributed by atoms with Crippen LogP contribution in [0.5, 0.6) is 0 Å². The van der Waals surface area contributed by atoms with Crippen LogP contribution in [0.25, 0.3) is 60.2 Å². The molecule has 253 valence electrons. The van der Waals surface area contributed by atoms with Crippen LogP contribution in [-0.4, -0.2) is 22.6 Å².